The smallest absolute Gasteiger partial charge is 0.463 e. The maximum atomic E-state index is 11.9. The van der Waals surface area contributed by atoms with Crippen LogP contribution in [-0.2, 0) is 14.1 Å². The molecule has 0 aliphatic heterocycles. The van der Waals surface area contributed by atoms with E-state index in [2.05, 4.69) is 4.98 Å². The van der Waals surface area contributed by atoms with E-state index < -0.39 is 7.95 Å². The van der Waals surface area contributed by atoms with Crippen molar-refractivity contribution < 1.29 is 14.1 Å². The van der Waals surface area contributed by atoms with Crippen LogP contribution >= 0.6 is 7.95 Å². The normalized spacial score (nSPS) is 12.1. The third-order valence-corrected chi connectivity index (χ3v) is 4.06. The molecule has 6 heteroatoms. The Morgan fingerprint density at radius 1 is 1.36 bits per heavy atom. The van der Waals surface area contributed by atoms with Gasteiger partial charge in [0.15, 0.2) is 6.66 Å². The minimum atomic E-state index is -1.59. The first-order chi connectivity index (χ1) is 10.5. The van der Waals surface area contributed by atoms with Crippen LogP contribution in [0.3, 0.4) is 0 Å². The predicted molar refractivity (Wildman–Crippen MR) is 86.9 cm³/mol. The number of nitrogens with zero attached hydrogens (tertiary/aromatic N) is 2. The highest BCUT2D eigenvalue weighted by Crippen LogP contribution is 2.30. The largest absolute Gasteiger partial charge is 0.463 e. The van der Waals surface area contributed by atoms with E-state index in [1.807, 2.05) is 24.4 Å². The molecular formula is C16H18N2O3P+. The molecule has 0 aromatic carbocycles. The van der Waals surface area contributed by atoms with E-state index in [-0.39, 0.29) is 5.97 Å². The van der Waals surface area contributed by atoms with Crippen molar-refractivity contribution in [2.24, 2.45) is 0 Å². The molecule has 1 atom stereocenters. The molecule has 0 amide bonds. The van der Waals surface area contributed by atoms with Gasteiger partial charge in [0.05, 0.1) is 18.5 Å². The fourth-order valence-corrected chi connectivity index (χ4v) is 2.78. The van der Waals surface area contributed by atoms with Gasteiger partial charge < -0.3 is 4.74 Å². The summed E-state index contributed by atoms with van der Waals surface area (Å²) in [6.07, 6.45) is 6.92. The van der Waals surface area contributed by atoms with Gasteiger partial charge in [-0.1, -0.05) is 0 Å². The molecule has 0 radical (unpaired) electrons. The maximum Gasteiger partial charge on any atom is 0.463 e. The quantitative estimate of drug-likeness (QED) is 0.479. The molecule has 2 rings (SSSR count). The van der Waals surface area contributed by atoms with E-state index in [1.165, 1.54) is 0 Å². The number of aromatic nitrogens is 2. The van der Waals surface area contributed by atoms with E-state index in [9.17, 15) is 9.36 Å². The summed E-state index contributed by atoms with van der Waals surface area (Å²) in [5.41, 5.74) is 3.09. The minimum Gasteiger partial charge on any atom is -0.463 e. The average Bonchev–Trinajstić information content (AvgIpc) is 2.92. The second-order valence-electron chi connectivity index (χ2n) is 4.75. The van der Waals surface area contributed by atoms with Crippen molar-refractivity contribution in [3.05, 3.63) is 48.1 Å². The minimum absolute atomic E-state index is 0.329. The molecule has 5 nitrogen and oxygen atoms in total. The molecule has 0 aliphatic carbocycles. The first kappa shape index (κ1) is 16.1. The molecule has 114 valence electrons. The van der Waals surface area contributed by atoms with Crippen molar-refractivity contribution in [3.63, 3.8) is 0 Å². The lowest BCUT2D eigenvalue weighted by atomic mass is 10.1. The van der Waals surface area contributed by atoms with Crippen LogP contribution in [0.1, 0.15) is 19.5 Å². The molecule has 2 aromatic heterocycles. The third-order valence-electron chi connectivity index (χ3n) is 3.11. The van der Waals surface area contributed by atoms with Gasteiger partial charge >= 0.3 is 13.9 Å². The highest BCUT2D eigenvalue weighted by molar-refractivity contribution is 7.42. The lowest BCUT2D eigenvalue weighted by molar-refractivity contribution is -0.138. The SMILES string of the molecule is CCOC(=O)/C(C)=C\c1cc(-c2ccncc2)cn1[P+](C)=O. The fraction of sp³-hybridized carbons (Fsp3) is 0.250. The first-order valence-corrected chi connectivity index (χ1v) is 8.58. The molecule has 2 aromatic rings. The van der Waals surface area contributed by atoms with Gasteiger partial charge in [-0.3, -0.25) is 4.98 Å². The summed E-state index contributed by atoms with van der Waals surface area (Å²) in [6.45, 7) is 5.40. The Balaban J connectivity index is 2.43. The van der Waals surface area contributed by atoms with Gasteiger partial charge in [0, 0.05) is 23.5 Å². The third kappa shape index (κ3) is 3.68. The highest BCUT2D eigenvalue weighted by atomic mass is 31.1. The molecule has 2 heterocycles. The average molecular weight is 317 g/mol. The Bertz CT molecular complexity index is 720. The molecule has 0 fully saturated rings. The molecule has 0 spiro atoms. The zero-order chi connectivity index (χ0) is 16.1. The zero-order valence-electron chi connectivity index (χ0n) is 12.8. The van der Waals surface area contributed by atoms with Crippen molar-refractivity contribution >= 4 is 20.0 Å². The van der Waals surface area contributed by atoms with Gasteiger partial charge in [0.25, 0.3) is 0 Å². The van der Waals surface area contributed by atoms with E-state index in [4.69, 9.17) is 4.74 Å². The van der Waals surface area contributed by atoms with Crippen molar-refractivity contribution in [1.82, 2.24) is 9.32 Å². The fourth-order valence-electron chi connectivity index (χ4n) is 2.05. The highest BCUT2D eigenvalue weighted by Gasteiger charge is 2.18. The van der Waals surface area contributed by atoms with E-state index in [0.29, 0.717) is 17.9 Å². The van der Waals surface area contributed by atoms with Crippen LogP contribution in [0.25, 0.3) is 17.2 Å². The van der Waals surface area contributed by atoms with Crippen molar-refractivity contribution in [2.45, 2.75) is 13.8 Å². The molecule has 0 saturated carbocycles. The molecule has 0 aliphatic rings. The topological polar surface area (TPSA) is 61.2 Å². The Morgan fingerprint density at radius 3 is 2.64 bits per heavy atom. The Morgan fingerprint density at radius 2 is 2.05 bits per heavy atom. The van der Waals surface area contributed by atoms with Crippen LogP contribution < -0.4 is 0 Å². The number of esters is 1. The summed E-state index contributed by atoms with van der Waals surface area (Å²) in [6, 6.07) is 5.66. The molecule has 22 heavy (non-hydrogen) atoms. The predicted octanol–water partition coefficient (Wildman–Crippen LogP) is 3.74. The van der Waals surface area contributed by atoms with Crippen LogP contribution in [0.4, 0.5) is 0 Å². The van der Waals surface area contributed by atoms with Crippen LogP contribution in [0.15, 0.2) is 42.4 Å². The maximum absolute atomic E-state index is 11.9. The molecule has 0 bridgehead atoms. The summed E-state index contributed by atoms with van der Waals surface area (Å²) in [5, 5.41) is 0. The standard InChI is InChI=1S/C16H18N2O3P/c1-4-21-16(19)12(2)9-15-10-14(11-18(15)22(3)20)13-5-7-17-8-6-13/h5-11H,4H2,1-3H3/q+1/b12-9-. The van der Waals surface area contributed by atoms with Gasteiger partial charge in [-0.25, -0.2) is 4.79 Å². The number of carbonyl (C=O) groups is 1. The number of carbonyl (C=O) groups excluding carboxylic acids is 1. The number of ether oxygens (including phenoxy) is 1. The second kappa shape index (κ2) is 7.14. The summed E-state index contributed by atoms with van der Waals surface area (Å²) in [7, 11) is -1.59. The summed E-state index contributed by atoms with van der Waals surface area (Å²) < 4.78 is 18.6. The molecular weight excluding hydrogens is 299 g/mol. The number of rotatable bonds is 5. The Kier molecular flexibility index (Phi) is 5.23. The Hall–Kier alpha value is -2.26. The lowest BCUT2D eigenvalue weighted by Crippen LogP contribution is -2.05. The molecule has 1 unspecified atom stereocenters. The number of hydrogen-bond donors (Lipinski definition) is 0. The second-order valence-corrected chi connectivity index (χ2v) is 6.11. The number of hydrogen-bond acceptors (Lipinski definition) is 4. The van der Waals surface area contributed by atoms with Gasteiger partial charge in [0.1, 0.15) is 0 Å². The van der Waals surface area contributed by atoms with Gasteiger partial charge in [-0.2, -0.15) is 0 Å². The van der Waals surface area contributed by atoms with Gasteiger partial charge in [-0.15, -0.1) is 4.34 Å². The van der Waals surface area contributed by atoms with Crippen LogP contribution in [-0.4, -0.2) is 28.6 Å². The van der Waals surface area contributed by atoms with Crippen LogP contribution in [0.5, 0.6) is 0 Å². The monoisotopic (exact) mass is 317 g/mol. The van der Waals surface area contributed by atoms with Gasteiger partial charge in [0.2, 0.25) is 0 Å². The van der Waals surface area contributed by atoms with E-state index in [1.54, 1.807) is 43.3 Å². The molecule has 0 N–H and O–H groups in total. The van der Waals surface area contributed by atoms with Gasteiger partial charge in [-0.05, 0) is 48.3 Å². The van der Waals surface area contributed by atoms with Crippen molar-refractivity contribution in [1.29, 1.82) is 0 Å². The van der Waals surface area contributed by atoms with Crippen molar-refractivity contribution in [2.75, 3.05) is 13.3 Å². The van der Waals surface area contributed by atoms with Crippen LogP contribution in [0, 0.1) is 0 Å². The summed E-state index contributed by atoms with van der Waals surface area (Å²) in [4.78, 5) is 15.7. The van der Waals surface area contributed by atoms with E-state index in [0.717, 1.165) is 11.1 Å². The van der Waals surface area contributed by atoms with E-state index >= 15 is 0 Å². The molecule has 0 saturated heterocycles. The first-order valence-electron chi connectivity index (χ1n) is 6.92. The Labute approximate surface area is 130 Å². The number of pyridine rings is 1. The zero-order valence-corrected chi connectivity index (χ0v) is 13.7. The lowest BCUT2D eigenvalue weighted by Gasteiger charge is -2.00. The van der Waals surface area contributed by atoms with Crippen LogP contribution in [0.2, 0.25) is 0 Å². The summed E-state index contributed by atoms with van der Waals surface area (Å²) >= 11 is 0. The van der Waals surface area contributed by atoms with Crippen molar-refractivity contribution in [3.8, 4) is 11.1 Å². The summed E-state index contributed by atoms with van der Waals surface area (Å²) in [5.74, 6) is -0.368.